The van der Waals surface area contributed by atoms with E-state index in [0.717, 1.165) is 22.5 Å². The molecule has 0 saturated carbocycles. The fourth-order valence-electron chi connectivity index (χ4n) is 1.64. The van der Waals surface area contributed by atoms with Gasteiger partial charge in [0, 0.05) is 18.4 Å². The molecule has 1 aliphatic rings. The van der Waals surface area contributed by atoms with Crippen molar-refractivity contribution >= 4 is 17.3 Å². The number of nitrogens with two attached hydrogens (primary N) is 1. The molecule has 0 spiro atoms. The van der Waals surface area contributed by atoms with Crippen LogP contribution < -0.4 is 10.6 Å². The van der Waals surface area contributed by atoms with Gasteiger partial charge in [0.25, 0.3) is 0 Å². The van der Waals surface area contributed by atoms with Gasteiger partial charge in [-0.2, -0.15) is 0 Å². The number of likely N-dealkylation sites (N-methyl/N-ethyl adjacent to an activating group) is 1. The number of carbonyl (C=O) groups excluding carboxylic acids is 1. The molecule has 0 aromatic heterocycles. The molecule has 2 N–H and O–H groups in total. The van der Waals surface area contributed by atoms with Crippen LogP contribution in [0.5, 0.6) is 0 Å². The zero-order valence-corrected chi connectivity index (χ0v) is 7.79. The lowest BCUT2D eigenvalue weighted by molar-refractivity contribution is -0.117. The molecule has 13 heavy (non-hydrogen) atoms. The van der Waals surface area contributed by atoms with Crippen molar-refractivity contribution < 1.29 is 4.79 Å². The third-order valence-corrected chi connectivity index (χ3v) is 2.54. The van der Waals surface area contributed by atoms with E-state index >= 15 is 0 Å². The Hall–Kier alpha value is -1.51. The van der Waals surface area contributed by atoms with E-state index < -0.39 is 0 Å². The third kappa shape index (κ3) is 1.08. The van der Waals surface area contributed by atoms with Gasteiger partial charge < -0.3 is 10.6 Å². The topological polar surface area (TPSA) is 46.3 Å². The Balaban J connectivity index is 2.59. The number of rotatable bonds is 0. The molecule has 0 radical (unpaired) electrons. The molecule has 0 atom stereocenters. The highest BCUT2D eigenvalue weighted by molar-refractivity contribution is 6.01. The quantitative estimate of drug-likeness (QED) is 0.601. The van der Waals surface area contributed by atoms with E-state index in [-0.39, 0.29) is 5.91 Å². The molecule has 3 heteroatoms. The first-order valence-electron chi connectivity index (χ1n) is 4.25. The molecule has 1 aromatic rings. The second kappa shape index (κ2) is 2.49. The van der Waals surface area contributed by atoms with Crippen LogP contribution in [0.3, 0.4) is 0 Å². The minimum atomic E-state index is 0.139. The van der Waals surface area contributed by atoms with Crippen LogP contribution in [0, 0.1) is 6.92 Å². The van der Waals surface area contributed by atoms with Crippen LogP contribution >= 0.6 is 0 Å². The van der Waals surface area contributed by atoms with Crippen LogP contribution in [0.1, 0.15) is 11.1 Å². The van der Waals surface area contributed by atoms with Crippen molar-refractivity contribution in [3.8, 4) is 0 Å². The Labute approximate surface area is 77.1 Å². The summed E-state index contributed by atoms with van der Waals surface area (Å²) in [7, 11) is 1.78. The highest BCUT2D eigenvalue weighted by Gasteiger charge is 2.24. The van der Waals surface area contributed by atoms with Gasteiger partial charge in [-0.15, -0.1) is 0 Å². The van der Waals surface area contributed by atoms with Crippen molar-refractivity contribution in [1.29, 1.82) is 0 Å². The second-order valence-corrected chi connectivity index (χ2v) is 3.47. The molecule has 1 heterocycles. The molecule has 0 bridgehead atoms. The van der Waals surface area contributed by atoms with Crippen molar-refractivity contribution in [2.24, 2.45) is 0 Å². The molecule has 0 aliphatic carbocycles. The van der Waals surface area contributed by atoms with Gasteiger partial charge in [-0.1, -0.05) is 6.07 Å². The predicted octanol–water partition coefficient (Wildman–Crippen LogP) is 1.10. The van der Waals surface area contributed by atoms with E-state index in [4.69, 9.17) is 5.73 Å². The van der Waals surface area contributed by atoms with Gasteiger partial charge >= 0.3 is 0 Å². The summed E-state index contributed by atoms with van der Waals surface area (Å²) in [5, 5.41) is 0. The molecule has 0 fully saturated rings. The van der Waals surface area contributed by atoms with Crippen LogP contribution in [0.4, 0.5) is 11.4 Å². The maximum absolute atomic E-state index is 11.3. The first-order valence-corrected chi connectivity index (χ1v) is 4.25. The minimum Gasteiger partial charge on any atom is -0.398 e. The number of amides is 1. The first kappa shape index (κ1) is 8.10. The van der Waals surface area contributed by atoms with Gasteiger partial charge in [-0.05, 0) is 24.1 Å². The summed E-state index contributed by atoms with van der Waals surface area (Å²) in [5.41, 5.74) is 9.59. The fraction of sp³-hybridized carbons (Fsp3) is 0.300. The highest BCUT2D eigenvalue weighted by Crippen LogP contribution is 2.31. The van der Waals surface area contributed by atoms with E-state index in [0.29, 0.717) is 6.42 Å². The standard InChI is InChI=1S/C10H12N2O/c1-6-3-7-4-10(13)12(2)9(7)5-8(6)11/h3,5H,4,11H2,1-2H3. The summed E-state index contributed by atoms with van der Waals surface area (Å²) in [4.78, 5) is 13.0. The molecule has 68 valence electrons. The number of nitrogen functional groups attached to an aromatic ring is 1. The van der Waals surface area contributed by atoms with Crippen LogP contribution in [0.2, 0.25) is 0 Å². The van der Waals surface area contributed by atoms with Gasteiger partial charge in [0.1, 0.15) is 0 Å². The number of carbonyl (C=O) groups is 1. The first-order chi connectivity index (χ1) is 6.09. The Morgan fingerprint density at radius 2 is 2.15 bits per heavy atom. The molecule has 0 saturated heterocycles. The average Bonchev–Trinajstić information content (AvgIpc) is 2.32. The van der Waals surface area contributed by atoms with Crippen LogP contribution in [0.15, 0.2) is 12.1 Å². The van der Waals surface area contributed by atoms with Crippen molar-refractivity contribution in [2.75, 3.05) is 17.7 Å². The molecule has 3 nitrogen and oxygen atoms in total. The van der Waals surface area contributed by atoms with E-state index in [1.165, 1.54) is 0 Å². The number of fused-ring (bicyclic) bond motifs is 1. The Morgan fingerprint density at radius 3 is 2.85 bits per heavy atom. The highest BCUT2D eigenvalue weighted by atomic mass is 16.2. The summed E-state index contributed by atoms with van der Waals surface area (Å²) in [6.07, 6.45) is 0.507. The molecule has 2 rings (SSSR count). The molecule has 1 amide bonds. The largest absolute Gasteiger partial charge is 0.398 e. The SMILES string of the molecule is Cc1cc2c(cc1N)N(C)C(=O)C2. The number of benzene rings is 1. The van der Waals surface area contributed by atoms with Crippen molar-refractivity contribution in [1.82, 2.24) is 0 Å². The van der Waals surface area contributed by atoms with Gasteiger partial charge in [0.05, 0.1) is 6.42 Å². The lowest BCUT2D eigenvalue weighted by Crippen LogP contribution is -2.20. The van der Waals surface area contributed by atoms with Crippen molar-refractivity contribution in [3.05, 3.63) is 23.3 Å². The summed E-state index contributed by atoms with van der Waals surface area (Å²) < 4.78 is 0. The summed E-state index contributed by atoms with van der Waals surface area (Å²) >= 11 is 0. The number of aryl methyl sites for hydroxylation is 1. The second-order valence-electron chi connectivity index (χ2n) is 3.47. The number of hydrogen-bond acceptors (Lipinski definition) is 2. The van der Waals surface area contributed by atoms with Gasteiger partial charge in [-0.3, -0.25) is 4.79 Å². The van der Waals surface area contributed by atoms with E-state index in [9.17, 15) is 4.79 Å². The van der Waals surface area contributed by atoms with Crippen LogP contribution in [-0.2, 0) is 11.2 Å². The zero-order chi connectivity index (χ0) is 9.59. The number of anilines is 2. The number of nitrogens with zero attached hydrogens (tertiary/aromatic N) is 1. The molecule has 1 aliphatic heterocycles. The van der Waals surface area contributed by atoms with E-state index in [1.54, 1.807) is 11.9 Å². The van der Waals surface area contributed by atoms with Gasteiger partial charge in [0.15, 0.2) is 0 Å². The smallest absolute Gasteiger partial charge is 0.231 e. The van der Waals surface area contributed by atoms with E-state index in [1.807, 2.05) is 19.1 Å². The fourth-order valence-corrected chi connectivity index (χ4v) is 1.64. The molecule has 1 aromatic carbocycles. The molecule has 0 unspecified atom stereocenters. The predicted molar refractivity (Wildman–Crippen MR) is 52.7 cm³/mol. The van der Waals surface area contributed by atoms with E-state index in [2.05, 4.69) is 0 Å². The normalized spacial score (nSPS) is 14.9. The zero-order valence-electron chi connectivity index (χ0n) is 7.79. The summed E-state index contributed by atoms with van der Waals surface area (Å²) in [6.45, 7) is 1.96. The molecular formula is C10H12N2O. The Kier molecular flexibility index (Phi) is 1.55. The Bertz CT molecular complexity index is 385. The Morgan fingerprint density at radius 1 is 1.46 bits per heavy atom. The number of hydrogen-bond donors (Lipinski definition) is 1. The molecular weight excluding hydrogens is 164 g/mol. The van der Waals surface area contributed by atoms with Crippen LogP contribution in [0.25, 0.3) is 0 Å². The van der Waals surface area contributed by atoms with Gasteiger partial charge in [-0.25, -0.2) is 0 Å². The summed E-state index contributed by atoms with van der Waals surface area (Å²) in [5.74, 6) is 0.139. The lowest BCUT2D eigenvalue weighted by Gasteiger charge is -2.11. The summed E-state index contributed by atoms with van der Waals surface area (Å²) in [6, 6.07) is 3.86. The monoisotopic (exact) mass is 176 g/mol. The minimum absolute atomic E-state index is 0.139. The maximum Gasteiger partial charge on any atom is 0.231 e. The van der Waals surface area contributed by atoms with Crippen LogP contribution in [-0.4, -0.2) is 13.0 Å². The van der Waals surface area contributed by atoms with Crippen molar-refractivity contribution in [3.63, 3.8) is 0 Å². The van der Waals surface area contributed by atoms with Crippen molar-refractivity contribution in [2.45, 2.75) is 13.3 Å². The third-order valence-electron chi connectivity index (χ3n) is 2.54. The van der Waals surface area contributed by atoms with Gasteiger partial charge in [0.2, 0.25) is 5.91 Å². The maximum atomic E-state index is 11.3. The average molecular weight is 176 g/mol. The lowest BCUT2D eigenvalue weighted by atomic mass is 10.1.